The fourth-order valence-electron chi connectivity index (χ4n) is 10.2. The molecule has 218 valence electrons. The van der Waals surface area contributed by atoms with Gasteiger partial charge in [0.1, 0.15) is 5.60 Å². The Hall–Kier alpha value is -1.91. The largest absolute Gasteiger partial charge is 0.393 e. The number of amides is 1. The molecule has 1 unspecified atom stereocenters. The number of aliphatic hydroxyl groups is 1. The lowest BCUT2D eigenvalue weighted by molar-refractivity contribution is -0.386. The summed E-state index contributed by atoms with van der Waals surface area (Å²) in [6, 6.07) is 10.0. The number of rotatable bonds is 6. The Morgan fingerprint density at radius 1 is 1.00 bits per heavy atom. The summed E-state index contributed by atoms with van der Waals surface area (Å²) in [5.74, 6) is 3.15. The Kier molecular flexibility index (Phi) is 6.94. The van der Waals surface area contributed by atoms with Crippen LogP contribution < -0.4 is 0 Å². The number of hydrogen-bond donors (Lipinski definition) is 1. The molecule has 6 aliphatic rings. The van der Waals surface area contributed by atoms with Crippen LogP contribution in [-0.4, -0.2) is 33.3 Å². The molecule has 7 rings (SSSR count). The van der Waals surface area contributed by atoms with E-state index in [1.165, 1.54) is 12.8 Å². The van der Waals surface area contributed by atoms with Crippen LogP contribution in [-0.2, 0) is 16.1 Å². The van der Waals surface area contributed by atoms with Gasteiger partial charge >= 0.3 is 0 Å². The van der Waals surface area contributed by atoms with E-state index in [2.05, 4.69) is 65.8 Å². The first-order valence-corrected chi connectivity index (χ1v) is 16.1. The zero-order valence-electron chi connectivity index (χ0n) is 25.6. The molecular weight excluding hydrogens is 494 g/mol. The highest BCUT2D eigenvalue weighted by Gasteiger charge is 2.75. The highest BCUT2D eigenvalue weighted by molar-refractivity contribution is 5.79. The maximum atomic E-state index is 14.2. The molecule has 2 aliphatic heterocycles. The number of carbonyl (C=O) groups is 1. The lowest BCUT2D eigenvalue weighted by atomic mass is 9.41. The van der Waals surface area contributed by atoms with Gasteiger partial charge < -0.3 is 5.11 Å². The molecule has 0 radical (unpaired) electrons. The highest BCUT2D eigenvalue weighted by Crippen LogP contribution is 2.73. The van der Waals surface area contributed by atoms with Crippen molar-refractivity contribution in [3.63, 3.8) is 0 Å². The molecule has 4 aliphatic carbocycles. The SMILES string of the molecule is CC(C)[C@@H](C)/C=C/[C@@H](C)[C@H]1CC[C@@H]2[C@]1(C)CCC1[C@]23C=C[C@]2(C[C@@H](O)CC[C@]12C)N(C(=O)Cc1ccccc1)O3. The normalized spacial score (nSPS) is 43.5. The molecule has 10 atom stereocenters. The monoisotopic (exact) mass is 545 g/mol. The summed E-state index contributed by atoms with van der Waals surface area (Å²) in [7, 11) is 0. The van der Waals surface area contributed by atoms with Gasteiger partial charge in [0.2, 0.25) is 0 Å². The van der Waals surface area contributed by atoms with Gasteiger partial charge in [-0.15, -0.1) is 0 Å². The maximum absolute atomic E-state index is 14.2. The minimum absolute atomic E-state index is 0.0227. The van der Waals surface area contributed by atoms with E-state index in [0.717, 1.165) is 31.2 Å². The zero-order chi connectivity index (χ0) is 28.5. The molecule has 4 heteroatoms. The number of hydroxylamine groups is 2. The van der Waals surface area contributed by atoms with Crippen molar-refractivity contribution >= 4 is 5.91 Å². The van der Waals surface area contributed by atoms with Crippen molar-refractivity contribution in [2.75, 3.05) is 0 Å². The van der Waals surface area contributed by atoms with E-state index >= 15 is 0 Å². The molecule has 2 bridgehead atoms. The predicted molar refractivity (Wildman–Crippen MR) is 160 cm³/mol. The third kappa shape index (κ3) is 3.95. The predicted octanol–water partition coefficient (Wildman–Crippen LogP) is 7.53. The standard InChI is InChI=1S/C36H51NO3/c1-24(2)25(3)12-13-26(4)29-14-15-30-33(29,5)18-17-31-34(6)19-16-28(38)23-35(34)20-21-36(30,31)40-37(35)32(39)22-27-10-8-7-9-11-27/h7-13,20-21,24-26,28-31,38H,14-19,22-23H2,1-6H3/b13-12+/t25-,26+,28-,29+,30+,31?,33+,34+,35+,36-/m0/s1. The van der Waals surface area contributed by atoms with Crippen molar-refractivity contribution < 1.29 is 14.7 Å². The van der Waals surface area contributed by atoms with Gasteiger partial charge in [-0.3, -0.25) is 9.63 Å². The van der Waals surface area contributed by atoms with Crippen LogP contribution in [0, 0.1) is 46.3 Å². The van der Waals surface area contributed by atoms with Crippen LogP contribution in [0.2, 0.25) is 0 Å². The van der Waals surface area contributed by atoms with Crippen LogP contribution in [0.25, 0.3) is 0 Å². The lowest BCUT2D eigenvalue weighted by Crippen LogP contribution is -2.79. The Labute approximate surface area is 242 Å². The van der Waals surface area contributed by atoms with Crippen LogP contribution >= 0.6 is 0 Å². The third-order valence-electron chi connectivity index (χ3n) is 12.8. The van der Waals surface area contributed by atoms with E-state index in [1.54, 1.807) is 5.06 Å². The van der Waals surface area contributed by atoms with E-state index in [0.29, 0.717) is 48.3 Å². The highest BCUT2D eigenvalue weighted by atomic mass is 16.7. The van der Waals surface area contributed by atoms with E-state index in [9.17, 15) is 9.90 Å². The number of fused-ring (bicyclic) bond motifs is 2. The quantitative estimate of drug-likeness (QED) is 0.376. The van der Waals surface area contributed by atoms with Gasteiger partial charge in [0, 0.05) is 23.7 Å². The van der Waals surface area contributed by atoms with Crippen molar-refractivity contribution in [3.05, 3.63) is 60.2 Å². The van der Waals surface area contributed by atoms with Crippen LogP contribution in [0.15, 0.2) is 54.6 Å². The Bertz CT molecular complexity index is 1180. The average Bonchev–Trinajstić information content (AvgIpc) is 3.29. The summed E-state index contributed by atoms with van der Waals surface area (Å²) in [5, 5.41) is 12.7. The Morgan fingerprint density at radius 2 is 1.75 bits per heavy atom. The first kappa shape index (κ1) is 28.2. The van der Waals surface area contributed by atoms with Crippen LogP contribution in [0.5, 0.6) is 0 Å². The molecule has 1 aromatic rings. The van der Waals surface area contributed by atoms with Crippen molar-refractivity contribution in [1.29, 1.82) is 0 Å². The van der Waals surface area contributed by atoms with Gasteiger partial charge in [-0.2, -0.15) is 0 Å². The van der Waals surface area contributed by atoms with Crippen LogP contribution in [0.1, 0.15) is 92.1 Å². The maximum Gasteiger partial charge on any atom is 0.251 e. The first-order chi connectivity index (χ1) is 19.0. The van der Waals surface area contributed by atoms with Gasteiger partial charge in [-0.25, -0.2) is 5.06 Å². The van der Waals surface area contributed by atoms with Gasteiger partial charge in [-0.05, 0) is 73.2 Å². The number of nitrogens with zero attached hydrogens (tertiary/aromatic N) is 1. The molecule has 4 nitrogen and oxygen atoms in total. The Morgan fingerprint density at radius 3 is 2.48 bits per heavy atom. The van der Waals surface area contributed by atoms with Crippen molar-refractivity contribution in [3.8, 4) is 0 Å². The van der Waals surface area contributed by atoms with E-state index < -0.39 is 17.2 Å². The molecule has 4 fully saturated rings. The van der Waals surface area contributed by atoms with Crippen LogP contribution in [0.3, 0.4) is 0 Å². The third-order valence-corrected chi connectivity index (χ3v) is 12.8. The van der Waals surface area contributed by atoms with Crippen molar-refractivity contribution in [1.82, 2.24) is 5.06 Å². The minimum atomic E-state index is -0.586. The Balaban J connectivity index is 1.37. The molecule has 2 heterocycles. The number of allylic oxidation sites excluding steroid dienone is 2. The second-order valence-electron chi connectivity index (χ2n) is 15.0. The number of carbonyl (C=O) groups excluding carboxylic acids is 1. The molecule has 40 heavy (non-hydrogen) atoms. The fourth-order valence-corrected chi connectivity index (χ4v) is 10.2. The molecule has 1 aromatic carbocycles. The molecular formula is C36H51NO3. The van der Waals surface area contributed by atoms with Gasteiger partial charge in [0.15, 0.2) is 0 Å². The van der Waals surface area contributed by atoms with E-state index in [4.69, 9.17) is 4.84 Å². The number of benzene rings is 1. The summed E-state index contributed by atoms with van der Waals surface area (Å²) in [5.41, 5.74) is 0.0279. The summed E-state index contributed by atoms with van der Waals surface area (Å²) in [4.78, 5) is 21.3. The van der Waals surface area contributed by atoms with Gasteiger partial charge in [0.05, 0.1) is 18.1 Å². The van der Waals surface area contributed by atoms with Crippen LogP contribution in [0.4, 0.5) is 0 Å². The zero-order valence-corrected chi connectivity index (χ0v) is 25.6. The molecule has 1 amide bonds. The minimum Gasteiger partial charge on any atom is -0.393 e. The molecule has 2 spiro atoms. The van der Waals surface area contributed by atoms with E-state index in [-0.39, 0.29) is 16.7 Å². The molecule has 1 saturated heterocycles. The fraction of sp³-hybridized carbons (Fsp3) is 0.694. The lowest BCUT2D eigenvalue weighted by Gasteiger charge is -2.73. The molecule has 1 N–H and O–H groups in total. The summed E-state index contributed by atoms with van der Waals surface area (Å²) in [6.07, 6.45) is 16.6. The topological polar surface area (TPSA) is 49.8 Å². The number of aliphatic hydroxyl groups excluding tert-OH is 1. The molecule has 0 aromatic heterocycles. The first-order valence-electron chi connectivity index (χ1n) is 16.1. The number of hydrogen-bond acceptors (Lipinski definition) is 3. The summed E-state index contributed by atoms with van der Waals surface area (Å²) >= 11 is 0. The average molecular weight is 546 g/mol. The second kappa shape index (κ2) is 9.83. The van der Waals surface area contributed by atoms with E-state index in [1.807, 2.05) is 30.3 Å². The van der Waals surface area contributed by atoms with Crippen molar-refractivity contribution in [2.45, 2.75) is 110 Å². The van der Waals surface area contributed by atoms with Gasteiger partial charge in [-0.1, -0.05) is 96.2 Å². The smallest absolute Gasteiger partial charge is 0.251 e. The molecule has 3 saturated carbocycles. The summed E-state index contributed by atoms with van der Waals surface area (Å²) < 4.78 is 0. The van der Waals surface area contributed by atoms with Crippen molar-refractivity contribution in [2.24, 2.45) is 46.3 Å². The summed E-state index contributed by atoms with van der Waals surface area (Å²) in [6.45, 7) is 14.3. The van der Waals surface area contributed by atoms with Gasteiger partial charge in [0.25, 0.3) is 5.91 Å². The second-order valence-corrected chi connectivity index (χ2v) is 15.0.